The first-order chi connectivity index (χ1) is 8.81. The third-order valence-corrected chi connectivity index (χ3v) is 3.61. The van der Waals surface area contributed by atoms with Crippen LogP contribution in [0.5, 0.6) is 0 Å². The summed E-state index contributed by atoms with van der Waals surface area (Å²) in [6, 6.07) is 12.0. The molecule has 0 saturated heterocycles. The van der Waals surface area contributed by atoms with Gasteiger partial charge in [0.1, 0.15) is 0 Å². The number of hydrogen-bond donors (Lipinski definition) is 2. The van der Waals surface area contributed by atoms with Crippen molar-refractivity contribution in [1.82, 2.24) is 9.97 Å². The lowest BCUT2D eigenvalue weighted by atomic mass is 10.1. The van der Waals surface area contributed by atoms with E-state index in [1.807, 2.05) is 42.6 Å². The van der Waals surface area contributed by atoms with E-state index >= 15 is 0 Å². The van der Waals surface area contributed by atoms with Crippen LogP contribution < -0.4 is 5.73 Å². The molecule has 0 saturated carbocycles. The number of H-pyrrole nitrogens is 1. The van der Waals surface area contributed by atoms with Crippen LogP contribution in [0.15, 0.2) is 48.0 Å². The molecule has 1 aromatic carbocycles. The van der Waals surface area contributed by atoms with Gasteiger partial charge in [0.2, 0.25) is 0 Å². The van der Waals surface area contributed by atoms with Crippen LogP contribution in [0.1, 0.15) is 10.6 Å². The Morgan fingerprint density at radius 3 is 2.72 bits per heavy atom. The molecule has 0 spiro atoms. The maximum absolute atomic E-state index is 5.67. The lowest BCUT2D eigenvalue weighted by molar-refractivity contribution is 1.14. The Kier molecular flexibility index (Phi) is 2.86. The molecule has 0 fully saturated rings. The van der Waals surface area contributed by atoms with E-state index in [9.17, 15) is 0 Å². The van der Waals surface area contributed by atoms with Crippen molar-refractivity contribution < 1.29 is 0 Å². The number of thiazole rings is 1. The summed E-state index contributed by atoms with van der Waals surface area (Å²) in [6.07, 6.45) is 2.76. The van der Waals surface area contributed by atoms with Crippen molar-refractivity contribution in [3.8, 4) is 11.4 Å². The molecule has 4 heteroatoms. The highest BCUT2D eigenvalue weighted by Gasteiger charge is 2.05. The zero-order chi connectivity index (χ0) is 12.4. The van der Waals surface area contributed by atoms with Crippen molar-refractivity contribution in [2.45, 2.75) is 6.42 Å². The summed E-state index contributed by atoms with van der Waals surface area (Å²) in [7, 11) is 0. The maximum Gasteiger partial charge on any atom is 0.0977 e. The second-order valence-electron chi connectivity index (χ2n) is 4.13. The molecule has 0 atom stereocenters. The Bertz CT molecular complexity index is 623. The fourth-order valence-electron chi connectivity index (χ4n) is 1.82. The van der Waals surface area contributed by atoms with Crippen LogP contribution in [0, 0.1) is 0 Å². The second kappa shape index (κ2) is 4.66. The molecule has 0 bridgehead atoms. The van der Waals surface area contributed by atoms with E-state index in [1.54, 1.807) is 11.3 Å². The van der Waals surface area contributed by atoms with Crippen molar-refractivity contribution in [3.05, 3.63) is 58.5 Å². The van der Waals surface area contributed by atoms with Crippen LogP contribution >= 0.6 is 11.3 Å². The Morgan fingerprint density at radius 2 is 2.00 bits per heavy atom. The van der Waals surface area contributed by atoms with Crippen LogP contribution in [0.25, 0.3) is 11.4 Å². The number of aromatic amines is 1. The largest absolute Gasteiger partial charge is 0.399 e. The van der Waals surface area contributed by atoms with Crippen LogP contribution in [0.4, 0.5) is 5.69 Å². The van der Waals surface area contributed by atoms with E-state index in [0.717, 1.165) is 28.5 Å². The van der Waals surface area contributed by atoms with E-state index in [2.05, 4.69) is 15.3 Å². The first-order valence-electron chi connectivity index (χ1n) is 5.74. The number of nitrogens with zero attached hydrogens (tertiary/aromatic N) is 1. The monoisotopic (exact) mass is 255 g/mol. The summed E-state index contributed by atoms with van der Waals surface area (Å²) in [5.74, 6) is 0. The molecule has 0 unspecified atom stereocenters. The molecule has 3 rings (SSSR count). The molecule has 3 N–H and O–H groups in total. The van der Waals surface area contributed by atoms with Crippen molar-refractivity contribution in [1.29, 1.82) is 0 Å². The average molecular weight is 255 g/mol. The standard InChI is InChI=1S/C14H13N3S/c15-11-5-3-10(4-6-11)8-14-17-13(9-18-14)12-2-1-7-16-12/h1-7,9,16H,8,15H2. The minimum Gasteiger partial charge on any atom is -0.399 e. The van der Waals surface area contributed by atoms with Crippen molar-refractivity contribution in [3.63, 3.8) is 0 Å². The van der Waals surface area contributed by atoms with Gasteiger partial charge in [0.15, 0.2) is 0 Å². The lowest BCUT2D eigenvalue weighted by Crippen LogP contribution is -1.89. The molecule has 0 aliphatic heterocycles. The molecule has 3 aromatic rings. The zero-order valence-electron chi connectivity index (χ0n) is 9.76. The van der Waals surface area contributed by atoms with Crippen LogP contribution in [0.2, 0.25) is 0 Å². The number of anilines is 1. The molecule has 90 valence electrons. The van der Waals surface area contributed by atoms with Gasteiger partial charge in [-0.1, -0.05) is 12.1 Å². The van der Waals surface area contributed by atoms with Crippen molar-refractivity contribution in [2.75, 3.05) is 5.73 Å². The number of nitrogens with two attached hydrogens (primary N) is 1. The molecule has 0 amide bonds. The molecule has 2 aromatic heterocycles. The van der Waals surface area contributed by atoms with Crippen LogP contribution in [-0.4, -0.2) is 9.97 Å². The molecule has 2 heterocycles. The summed E-state index contributed by atoms with van der Waals surface area (Å²) in [5, 5.41) is 3.20. The molecule has 0 aliphatic carbocycles. The average Bonchev–Trinajstić information content (AvgIpc) is 3.02. The normalized spacial score (nSPS) is 10.7. The maximum atomic E-state index is 5.67. The fraction of sp³-hybridized carbons (Fsp3) is 0.0714. The van der Waals surface area contributed by atoms with E-state index in [-0.39, 0.29) is 0 Å². The third-order valence-electron chi connectivity index (χ3n) is 2.76. The number of nitrogen functional groups attached to an aromatic ring is 1. The van der Waals surface area contributed by atoms with Gasteiger partial charge >= 0.3 is 0 Å². The summed E-state index contributed by atoms with van der Waals surface area (Å²) in [6.45, 7) is 0. The summed E-state index contributed by atoms with van der Waals surface area (Å²) in [4.78, 5) is 7.79. The van der Waals surface area contributed by atoms with Crippen LogP contribution in [0.3, 0.4) is 0 Å². The van der Waals surface area contributed by atoms with Crippen molar-refractivity contribution in [2.24, 2.45) is 0 Å². The van der Waals surface area contributed by atoms with Gasteiger partial charge in [-0.25, -0.2) is 4.98 Å². The smallest absolute Gasteiger partial charge is 0.0977 e. The highest BCUT2D eigenvalue weighted by molar-refractivity contribution is 7.10. The van der Waals surface area contributed by atoms with Gasteiger partial charge in [0, 0.05) is 23.7 Å². The number of hydrogen-bond acceptors (Lipinski definition) is 3. The predicted octanol–water partition coefficient (Wildman–Crippen LogP) is 3.31. The molecule has 18 heavy (non-hydrogen) atoms. The van der Waals surface area contributed by atoms with E-state index in [0.29, 0.717) is 0 Å². The quantitative estimate of drug-likeness (QED) is 0.705. The van der Waals surface area contributed by atoms with E-state index in [1.165, 1.54) is 5.56 Å². The predicted molar refractivity (Wildman–Crippen MR) is 75.6 cm³/mol. The Labute approximate surface area is 109 Å². The highest BCUT2D eigenvalue weighted by atomic mass is 32.1. The minimum absolute atomic E-state index is 0.796. The molecule has 0 aliphatic rings. The van der Waals surface area contributed by atoms with Gasteiger partial charge in [0.25, 0.3) is 0 Å². The highest BCUT2D eigenvalue weighted by Crippen LogP contribution is 2.22. The first-order valence-corrected chi connectivity index (χ1v) is 6.62. The minimum atomic E-state index is 0.796. The fourth-order valence-corrected chi connectivity index (χ4v) is 2.64. The number of aromatic nitrogens is 2. The molecular formula is C14H13N3S. The summed E-state index contributed by atoms with van der Waals surface area (Å²) in [5.41, 5.74) is 9.77. The number of rotatable bonds is 3. The van der Waals surface area contributed by atoms with E-state index in [4.69, 9.17) is 5.73 Å². The third kappa shape index (κ3) is 2.28. The summed E-state index contributed by atoms with van der Waals surface area (Å²) < 4.78 is 0. The SMILES string of the molecule is Nc1ccc(Cc2nc(-c3ccc[nH]3)cs2)cc1. The van der Waals surface area contributed by atoms with Gasteiger partial charge < -0.3 is 10.7 Å². The Morgan fingerprint density at radius 1 is 1.17 bits per heavy atom. The van der Waals surface area contributed by atoms with Gasteiger partial charge in [-0.05, 0) is 29.8 Å². The zero-order valence-corrected chi connectivity index (χ0v) is 10.6. The number of nitrogens with one attached hydrogen (secondary N) is 1. The molecule has 0 radical (unpaired) electrons. The Balaban J connectivity index is 1.80. The second-order valence-corrected chi connectivity index (χ2v) is 5.07. The van der Waals surface area contributed by atoms with Crippen LogP contribution in [-0.2, 0) is 6.42 Å². The summed E-state index contributed by atoms with van der Waals surface area (Å²) >= 11 is 1.68. The molecular weight excluding hydrogens is 242 g/mol. The topological polar surface area (TPSA) is 54.7 Å². The molecule has 3 nitrogen and oxygen atoms in total. The number of benzene rings is 1. The van der Waals surface area contributed by atoms with Gasteiger partial charge in [-0.3, -0.25) is 0 Å². The lowest BCUT2D eigenvalue weighted by Gasteiger charge is -1.98. The van der Waals surface area contributed by atoms with Gasteiger partial charge in [-0.2, -0.15) is 0 Å². The Hall–Kier alpha value is -2.07. The van der Waals surface area contributed by atoms with Crippen molar-refractivity contribution >= 4 is 17.0 Å². The first kappa shape index (κ1) is 11.0. The van der Waals surface area contributed by atoms with E-state index < -0.39 is 0 Å². The van der Waals surface area contributed by atoms with Gasteiger partial charge in [-0.15, -0.1) is 11.3 Å². The van der Waals surface area contributed by atoms with Gasteiger partial charge in [0.05, 0.1) is 16.4 Å².